The van der Waals surface area contributed by atoms with Crippen molar-refractivity contribution in [3.63, 3.8) is 0 Å². The Morgan fingerprint density at radius 3 is 2.50 bits per heavy atom. The lowest BCUT2D eigenvalue weighted by Crippen LogP contribution is -2.66. The number of amides is 1. The number of hydrogen-bond donors (Lipinski definition) is 1. The van der Waals surface area contributed by atoms with Crippen LogP contribution < -0.4 is 5.73 Å². The summed E-state index contributed by atoms with van der Waals surface area (Å²) in [6.07, 6.45) is 0. The van der Waals surface area contributed by atoms with Gasteiger partial charge >= 0.3 is 0 Å². The van der Waals surface area contributed by atoms with Gasteiger partial charge in [0.15, 0.2) is 4.75 Å². The van der Waals surface area contributed by atoms with Crippen LogP contribution in [0.4, 0.5) is 5.69 Å². The fourth-order valence-electron chi connectivity index (χ4n) is 1.78. The highest BCUT2D eigenvalue weighted by Crippen LogP contribution is 2.36. The van der Waals surface area contributed by atoms with E-state index in [1.165, 1.54) is 13.8 Å². The van der Waals surface area contributed by atoms with Crippen molar-refractivity contribution in [1.29, 1.82) is 0 Å². The van der Waals surface area contributed by atoms with Gasteiger partial charge in [-0.15, -0.1) is 0 Å². The van der Waals surface area contributed by atoms with Crippen LogP contribution >= 0.6 is 15.9 Å². The lowest BCUT2D eigenvalue weighted by molar-refractivity contribution is -0.132. The summed E-state index contributed by atoms with van der Waals surface area (Å²) in [5.74, 6) is -0.398. The number of hydrogen-bond acceptors (Lipinski definition) is 4. The average Bonchev–Trinajstić information content (AvgIpc) is 2.26. The van der Waals surface area contributed by atoms with E-state index >= 15 is 0 Å². The van der Waals surface area contributed by atoms with E-state index in [1.54, 1.807) is 18.2 Å². The topological polar surface area (TPSA) is 80.5 Å². The zero-order chi connectivity index (χ0) is 13.7. The van der Waals surface area contributed by atoms with Gasteiger partial charge in [0.25, 0.3) is 15.9 Å². The molecule has 0 saturated carbocycles. The minimum Gasteiger partial charge on any atom is -0.398 e. The second-order valence-corrected chi connectivity index (χ2v) is 8.00. The molecule has 0 bridgehead atoms. The molecular formula is C11H13BrN2O3S. The fraction of sp³-hybridized carbons (Fsp3) is 0.364. The molecule has 2 N–H and O–H groups in total. The van der Waals surface area contributed by atoms with Gasteiger partial charge < -0.3 is 5.73 Å². The number of rotatable bonds is 2. The molecule has 1 amide bonds. The van der Waals surface area contributed by atoms with Gasteiger partial charge in [-0.2, -0.15) is 0 Å². The van der Waals surface area contributed by atoms with Crippen LogP contribution in [-0.2, 0) is 21.4 Å². The van der Waals surface area contributed by atoms with E-state index in [-0.39, 0.29) is 6.54 Å². The molecule has 1 aromatic rings. The molecule has 2 rings (SSSR count). The Morgan fingerprint density at radius 1 is 1.39 bits per heavy atom. The standard InChI is InChI=1S/C11H13BrN2O3S/c1-11(2)10(15)14(18(11,16)17)6-7-3-4-8(12)5-9(7)13/h3-5H,6,13H2,1-2H3. The Labute approximate surface area is 114 Å². The van der Waals surface area contributed by atoms with Crippen molar-refractivity contribution in [2.45, 2.75) is 25.1 Å². The molecule has 0 aromatic heterocycles. The number of sulfonamides is 1. The van der Waals surface area contributed by atoms with E-state index < -0.39 is 20.7 Å². The fourth-order valence-corrected chi connectivity index (χ4v) is 3.66. The Hall–Kier alpha value is -1.08. The Balaban J connectivity index is 2.30. The number of benzene rings is 1. The first kappa shape index (κ1) is 13.4. The van der Waals surface area contributed by atoms with Crippen molar-refractivity contribution in [2.75, 3.05) is 5.73 Å². The van der Waals surface area contributed by atoms with E-state index in [1.807, 2.05) is 0 Å². The summed E-state index contributed by atoms with van der Waals surface area (Å²) in [6.45, 7) is 2.81. The van der Waals surface area contributed by atoms with Gasteiger partial charge in [0.2, 0.25) is 0 Å². The highest BCUT2D eigenvalue weighted by Gasteiger charge is 2.59. The Morgan fingerprint density at radius 2 is 2.00 bits per heavy atom. The molecule has 1 saturated heterocycles. The Bertz CT molecular complexity index is 625. The zero-order valence-corrected chi connectivity index (χ0v) is 12.4. The smallest absolute Gasteiger partial charge is 0.259 e. The molecule has 7 heteroatoms. The molecule has 18 heavy (non-hydrogen) atoms. The molecule has 98 valence electrons. The lowest BCUT2D eigenvalue weighted by Gasteiger charge is -2.43. The maximum Gasteiger partial charge on any atom is 0.259 e. The molecule has 0 spiro atoms. The summed E-state index contributed by atoms with van der Waals surface area (Å²) in [4.78, 5) is 11.8. The molecule has 0 unspecified atom stereocenters. The molecule has 1 aliphatic rings. The summed E-state index contributed by atoms with van der Waals surface area (Å²) < 4.78 is 24.2. The van der Waals surface area contributed by atoms with Gasteiger partial charge in [0.1, 0.15) is 0 Å². The largest absolute Gasteiger partial charge is 0.398 e. The quantitative estimate of drug-likeness (QED) is 0.832. The first-order chi connectivity index (χ1) is 8.18. The number of nitrogens with two attached hydrogens (primary N) is 1. The Kier molecular flexibility index (Phi) is 2.94. The SMILES string of the molecule is CC1(C)C(=O)N(Cc2ccc(Br)cc2N)S1(=O)=O. The van der Waals surface area contributed by atoms with Crippen LogP contribution in [0, 0.1) is 0 Å². The highest BCUT2D eigenvalue weighted by atomic mass is 79.9. The van der Waals surface area contributed by atoms with E-state index in [0.29, 0.717) is 11.3 Å². The summed E-state index contributed by atoms with van der Waals surface area (Å²) in [6, 6.07) is 5.14. The predicted octanol–water partition coefficient (Wildman–Crippen LogP) is 1.48. The molecule has 0 radical (unpaired) electrons. The van der Waals surface area contributed by atoms with Crippen molar-refractivity contribution >= 4 is 37.5 Å². The molecular weight excluding hydrogens is 320 g/mol. The van der Waals surface area contributed by atoms with Gasteiger partial charge in [0, 0.05) is 10.2 Å². The van der Waals surface area contributed by atoms with Crippen LogP contribution in [-0.4, -0.2) is 23.4 Å². The maximum atomic E-state index is 11.9. The maximum absolute atomic E-state index is 11.9. The minimum atomic E-state index is -3.56. The third-order valence-corrected chi connectivity index (χ3v) is 5.93. The number of halogens is 1. The molecule has 1 heterocycles. The molecule has 1 fully saturated rings. The number of nitrogen functional groups attached to an aromatic ring is 1. The summed E-state index contributed by atoms with van der Waals surface area (Å²) in [7, 11) is -3.56. The van der Waals surface area contributed by atoms with Gasteiger partial charge in [-0.05, 0) is 31.5 Å². The van der Waals surface area contributed by atoms with Crippen LogP contribution in [0.2, 0.25) is 0 Å². The van der Waals surface area contributed by atoms with Crippen molar-refractivity contribution in [2.24, 2.45) is 0 Å². The minimum absolute atomic E-state index is 0.0102. The lowest BCUT2D eigenvalue weighted by atomic mass is 10.1. The molecule has 1 aliphatic heterocycles. The second-order valence-electron chi connectivity index (χ2n) is 4.67. The van der Waals surface area contributed by atoms with E-state index in [0.717, 1.165) is 8.78 Å². The first-order valence-corrected chi connectivity index (χ1v) is 7.52. The van der Waals surface area contributed by atoms with Crippen LogP contribution in [0.1, 0.15) is 19.4 Å². The van der Waals surface area contributed by atoms with Crippen molar-refractivity contribution < 1.29 is 13.2 Å². The van der Waals surface area contributed by atoms with E-state index in [2.05, 4.69) is 15.9 Å². The van der Waals surface area contributed by atoms with Gasteiger partial charge in [-0.1, -0.05) is 22.0 Å². The predicted molar refractivity (Wildman–Crippen MR) is 72.1 cm³/mol. The van der Waals surface area contributed by atoms with Crippen LogP contribution in [0.5, 0.6) is 0 Å². The first-order valence-electron chi connectivity index (χ1n) is 5.28. The van der Waals surface area contributed by atoms with Gasteiger partial charge in [-0.3, -0.25) is 4.79 Å². The number of carbonyl (C=O) groups excluding carboxylic acids is 1. The zero-order valence-electron chi connectivity index (χ0n) is 9.97. The van der Waals surface area contributed by atoms with Crippen LogP contribution in [0.15, 0.2) is 22.7 Å². The van der Waals surface area contributed by atoms with Crippen molar-refractivity contribution in [3.05, 3.63) is 28.2 Å². The van der Waals surface area contributed by atoms with E-state index in [4.69, 9.17) is 5.73 Å². The molecule has 1 aromatic carbocycles. The van der Waals surface area contributed by atoms with Crippen LogP contribution in [0.3, 0.4) is 0 Å². The number of anilines is 1. The highest BCUT2D eigenvalue weighted by molar-refractivity contribution is 9.10. The number of nitrogens with zero attached hydrogens (tertiary/aromatic N) is 1. The second kappa shape index (κ2) is 3.96. The van der Waals surface area contributed by atoms with Crippen LogP contribution in [0.25, 0.3) is 0 Å². The average molecular weight is 333 g/mol. The summed E-state index contributed by atoms with van der Waals surface area (Å²) in [5, 5.41) is 0. The van der Waals surface area contributed by atoms with E-state index in [9.17, 15) is 13.2 Å². The van der Waals surface area contributed by atoms with Crippen molar-refractivity contribution in [3.8, 4) is 0 Å². The molecule has 0 aliphatic carbocycles. The summed E-state index contributed by atoms with van der Waals surface area (Å²) >= 11 is 3.27. The third kappa shape index (κ3) is 1.73. The van der Waals surface area contributed by atoms with Gasteiger partial charge in [0.05, 0.1) is 6.54 Å². The third-order valence-electron chi connectivity index (χ3n) is 3.10. The summed E-state index contributed by atoms with van der Waals surface area (Å²) in [5.41, 5.74) is 6.86. The number of carbonyl (C=O) groups is 1. The molecule has 0 atom stereocenters. The normalized spacial score (nSPS) is 20.6. The molecule has 5 nitrogen and oxygen atoms in total. The van der Waals surface area contributed by atoms with Crippen molar-refractivity contribution in [1.82, 2.24) is 4.31 Å². The van der Waals surface area contributed by atoms with Gasteiger partial charge in [-0.25, -0.2) is 12.7 Å². The monoisotopic (exact) mass is 332 g/mol.